The molecule has 0 saturated carbocycles. The van der Waals surface area contributed by atoms with Gasteiger partial charge in [-0.3, -0.25) is 47.8 Å². The highest BCUT2D eigenvalue weighted by molar-refractivity contribution is 8.07. The second-order valence-corrected chi connectivity index (χ2v) is 25.5. The highest BCUT2D eigenvalue weighted by Crippen LogP contribution is 2.52. The van der Waals surface area contributed by atoms with Crippen molar-refractivity contribution < 1.29 is 93.6 Å². The number of anilines is 3. The monoisotopic (exact) mass is 1360 g/mol. The number of aromatic nitrogens is 8. The molecule has 2 unspecified atom stereocenters. The van der Waals surface area contributed by atoms with Gasteiger partial charge in [0.2, 0.25) is 17.7 Å². The van der Waals surface area contributed by atoms with Crippen LogP contribution in [0, 0.1) is 5.92 Å². The molecule has 93 heavy (non-hydrogen) atoms. The molecule has 9 amide bonds. The molecule has 0 spiro atoms. The van der Waals surface area contributed by atoms with Crippen LogP contribution < -0.4 is 38.1 Å². The number of urea groups is 1. The van der Waals surface area contributed by atoms with E-state index < -0.39 is 125 Å². The van der Waals surface area contributed by atoms with Crippen LogP contribution in [0.2, 0.25) is 0 Å². The number of hydrogen-bond donors (Lipinski definition) is 8. The van der Waals surface area contributed by atoms with Crippen molar-refractivity contribution in [1.29, 1.82) is 0 Å². The van der Waals surface area contributed by atoms with E-state index in [1.807, 2.05) is 0 Å². The number of benzene rings is 1. The Kier molecular flexibility index (Phi) is 23.0. The number of halogens is 2. The number of imidazole rings is 2. The Bertz CT molecular complexity index is 3670. The van der Waals surface area contributed by atoms with Crippen molar-refractivity contribution in [2.45, 2.75) is 120 Å². The molecule has 8 heterocycles. The van der Waals surface area contributed by atoms with Crippen molar-refractivity contribution in [2.75, 3.05) is 62.9 Å². The van der Waals surface area contributed by atoms with E-state index in [2.05, 4.69) is 56.5 Å². The summed E-state index contributed by atoms with van der Waals surface area (Å²) in [4.78, 5) is 139. The lowest BCUT2D eigenvalue weighted by Gasteiger charge is -2.25. The lowest BCUT2D eigenvalue weighted by molar-refractivity contribution is -0.137. The first kappa shape index (κ1) is 68.9. The summed E-state index contributed by atoms with van der Waals surface area (Å²) in [5, 5.41) is 13.1. The number of unbranched alkanes of at least 4 members (excludes halogenated alkanes) is 2. The van der Waals surface area contributed by atoms with E-state index in [0.717, 1.165) is 33.3 Å². The second-order valence-electron chi connectivity index (χ2n) is 21.8. The summed E-state index contributed by atoms with van der Waals surface area (Å²) in [7, 11) is -1.76. The van der Waals surface area contributed by atoms with Gasteiger partial charge >= 0.3 is 33.2 Å². The lowest BCUT2D eigenvalue weighted by Crippen LogP contribution is -2.54. The number of fused-ring (bicyclic) bond motifs is 4. The minimum atomic E-state index is -4.41. The number of carbonyl (C=O) groups excluding carboxylic acids is 8. The number of nitrogens with zero attached hydrogens (tertiary/aromatic N) is 10. The van der Waals surface area contributed by atoms with Crippen LogP contribution in [0.15, 0.2) is 61.7 Å². The molecule has 10 N–H and O–H groups in total. The number of nitrogen functional groups attached to an aromatic ring is 1. The summed E-state index contributed by atoms with van der Waals surface area (Å²) >= 11 is 5.24. The van der Waals surface area contributed by atoms with Crippen molar-refractivity contribution in [3.05, 3.63) is 67.3 Å². The van der Waals surface area contributed by atoms with E-state index in [-0.39, 0.29) is 104 Å². The van der Waals surface area contributed by atoms with Gasteiger partial charge in [-0.2, -0.15) is 0 Å². The molecule has 35 nitrogen and oxygen atoms in total. The predicted molar refractivity (Wildman–Crippen MR) is 321 cm³/mol. The van der Waals surface area contributed by atoms with Gasteiger partial charge in [0.25, 0.3) is 11.8 Å². The van der Waals surface area contributed by atoms with Crippen LogP contribution in [0.5, 0.6) is 0 Å². The number of nitrogens with one attached hydrogen (secondary N) is 5. The maximum absolute atomic E-state index is 16.6. The van der Waals surface area contributed by atoms with Gasteiger partial charge in [0, 0.05) is 49.0 Å². The summed E-state index contributed by atoms with van der Waals surface area (Å²) in [5.74, 6) is -2.94. The third-order valence-electron chi connectivity index (χ3n) is 14.9. The SMILES string of the molecule is CC(C)[C@H](NC(=O)CCCCCN1C(=O)C=CC1=O)C(=O)N[C@@H](CCCNC(N)=O)C(=O)Nc1ccc(COC(=O)N(C)CCOC(=O)Nc2ncnc3c2ncn3[C@@H]2O[C@@H]3CO[P+](=O)O[C@H]4[C@@H](F)[C@H](n5cnc6c(N)ncnc65)O[C@@H]4COP(O)(=S)O[C@H]3[C@H]2F)cc1. The van der Waals surface area contributed by atoms with E-state index >= 15 is 8.78 Å². The van der Waals surface area contributed by atoms with Gasteiger partial charge in [0.1, 0.15) is 68.4 Å². The Labute approximate surface area is 532 Å². The minimum absolute atomic E-state index is 0.0194. The molecule has 12 atom stereocenters. The maximum Gasteiger partial charge on any atom is 0.697 e. The number of alkyl halides is 2. The Morgan fingerprint density at radius 3 is 2.18 bits per heavy atom. The van der Waals surface area contributed by atoms with Gasteiger partial charge in [-0.15, -0.1) is 9.05 Å². The zero-order chi connectivity index (χ0) is 66.7. The molecular weight excluding hydrogens is 1290 g/mol. The van der Waals surface area contributed by atoms with E-state index in [0.29, 0.717) is 30.5 Å². The van der Waals surface area contributed by atoms with Crippen LogP contribution in [-0.2, 0) is 84.0 Å². The van der Waals surface area contributed by atoms with Crippen molar-refractivity contribution >= 4 is 114 Å². The fourth-order valence-electron chi connectivity index (χ4n) is 10.0. The molecule has 0 radical (unpaired) electrons. The van der Waals surface area contributed by atoms with Crippen LogP contribution in [0.1, 0.15) is 70.4 Å². The van der Waals surface area contributed by atoms with Crippen molar-refractivity contribution in [3.8, 4) is 0 Å². The van der Waals surface area contributed by atoms with Crippen LogP contribution >= 0.6 is 15.0 Å². The van der Waals surface area contributed by atoms with Crippen molar-refractivity contribution in [3.63, 3.8) is 0 Å². The summed E-state index contributed by atoms with van der Waals surface area (Å²) in [6.07, 6.45) is -6.54. The standard InChI is InChI=1S/C53H65F2N17O18P2S/c1-27(2)38(67-33(73)9-5-4-6-17-70-34(74)14-15-35(70)75)48(77)66-30(8-7-16-58-51(57)78)47(76)65-29-12-10-28(11-13-29)20-84-53(80)69(3)18-19-83-52(79)68-44-40-46(62-24-60-44)72(26-64-40)50-37(55)42-31(87-50)21-85-91(81)89-41-32(22-86-92(82,93)90-42)88-49(36(41)54)71-25-63-39-43(56)59-23-61-45(39)71/h10-15,23-27,30-32,36-38,41-42,49-50H,4-9,16-22H2,1-3H3,(H9-,56,57,58,59,60,61,62,65,66,67,68,73,76,77,78,79,82,93)/p+1/t30-,31+,32+,36+,37+,38-,41+,42+,49+,50+,92?/m0/s1. The smallest absolute Gasteiger partial charge is 0.447 e. The molecule has 9 rings (SSSR count). The molecule has 3 saturated heterocycles. The Hall–Kier alpha value is -8.45. The van der Waals surface area contributed by atoms with Crippen LogP contribution in [0.4, 0.5) is 40.5 Å². The van der Waals surface area contributed by atoms with Crippen LogP contribution in [0.25, 0.3) is 22.3 Å². The maximum atomic E-state index is 16.6. The molecule has 500 valence electrons. The number of primary amides is 1. The van der Waals surface area contributed by atoms with Crippen molar-refractivity contribution in [2.24, 2.45) is 11.7 Å². The summed E-state index contributed by atoms with van der Waals surface area (Å²) < 4.78 is 93.0. The zero-order valence-corrected chi connectivity index (χ0v) is 52.5. The number of hydrogen-bond acceptors (Lipinski definition) is 25. The lowest BCUT2D eigenvalue weighted by atomic mass is 10.0. The van der Waals surface area contributed by atoms with E-state index in [1.165, 1.54) is 30.1 Å². The number of rotatable bonds is 24. The number of amides is 9. The third kappa shape index (κ3) is 17.4. The predicted octanol–water partition coefficient (Wildman–Crippen LogP) is 2.73. The molecule has 40 heteroatoms. The first-order valence-electron chi connectivity index (χ1n) is 29.0. The zero-order valence-electron chi connectivity index (χ0n) is 49.9. The fraction of sp³-hybridized carbons (Fsp3) is 0.509. The Balaban J connectivity index is 0.718. The van der Waals surface area contributed by atoms with Crippen LogP contribution in [-0.4, -0.2) is 197 Å². The third-order valence-corrected chi connectivity index (χ3v) is 17.2. The van der Waals surface area contributed by atoms with Gasteiger partial charge < -0.3 is 66.0 Å². The summed E-state index contributed by atoms with van der Waals surface area (Å²) in [6.45, 7) is -2.68. The Morgan fingerprint density at radius 1 is 0.839 bits per heavy atom. The van der Waals surface area contributed by atoms with Gasteiger partial charge in [-0.1, -0.05) is 32.4 Å². The Morgan fingerprint density at radius 2 is 1.49 bits per heavy atom. The first-order valence-corrected chi connectivity index (χ1v) is 32.6. The minimum Gasteiger partial charge on any atom is -0.447 e. The quantitative estimate of drug-likeness (QED) is 0.0250. The van der Waals surface area contributed by atoms with Crippen molar-refractivity contribution in [1.82, 2.24) is 64.8 Å². The van der Waals surface area contributed by atoms with E-state index in [4.69, 9.17) is 60.3 Å². The molecule has 4 aromatic heterocycles. The van der Waals surface area contributed by atoms with Gasteiger partial charge in [0.05, 0.1) is 25.8 Å². The first-order chi connectivity index (χ1) is 44.4. The highest BCUT2D eigenvalue weighted by Gasteiger charge is 2.56. The number of ether oxygens (including phenoxy) is 4. The fourth-order valence-corrected chi connectivity index (χ4v) is 12.3. The highest BCUT2D eigenvalue weighted by atomic mass is 32.5. The molecule has 0 aliphatic carbocycles. The van der Waals surface area contributed by atoms with Gasteiger partial charge in [-0.05, 0) is 61.1 Å². The van der Waals surface area contributed by atoms with Crippen LogP contribution in [0.3, 0.4) is 0 Å². The van der Waals surface area contributed by atoms with E-state index in [1.54, 1.807) is 38.1 Å². The number of likely N-dealkylation sites (N-methyl/N-ethyl adjacent to an activating group) is 1. The summed E-state index contributed by atoms with van der Waals surface area (Å²) in [6, 6.07) is 3.34. The summed E-state index contributed by atoms with van der Waals surface area (Å²) in [5.41, 5.74) is 12.1. The number of nitrogens with two attached hydrogens (primary N) is 2. The normalized spacial score (nSPS) is 24.1. The number of carbonyl (C=O) groups is 8. The molecule has 0 bridgehead atoms. The van der Waals surface area contributed by atoms with E-state index in [9.17, 15) is 47.8 Å². The second kappa shape index (κ2) is 31.0. The molecule has 1 aromatic carbocycles. The molecule has 4 aliphatic rings. The van der Waals surface area contributed by atoms with Gasteiger partial charge in [0.15, 0.2) is 59.3 Å². The molecular formula is C53H66F2N17O18P2S+. The van der Waals surface area contributed by atoms with Gasteiger partial charge in [-0.25, -0.2) is 53.1 Å². The number of imide groups is 1. The molecule has 3 fully saturated rings. The molecule has 5 aromatic rings. The average Bonchev–Trinajstić information content (AvgIpc) is 1.63. The topological polar surface area (TPSA) is 454 Å². The largest absolute Gasteiger partial charge is 0.697 e. The molecule has 4 aliphatic heterocycles. The average molecular weight is 1360 g/mol.